The molecule has 0 saturated carbocycles. The molecule has 0 spiro atoms. The van der Waals surface area contributed by atoms with Crippen molar-refractivity contribution in [1.82, 2.24) is 10.3 Å². The molecule has 5 aromatic carbocycles. The molecule has 0 atom stereocenters. The fourth-order valence-electron chi connectivity index (χ4n) is 4.54. The van der Waals surface area contributed by atoms with Gasteiger partial charge in [0, 0.05) is 16.1 Å². The molecule has 1 aromatic heterocycles. The second-order valence-electron chi connectivity index (χ2n) is 9.75. The predicted molar refractivity (Wildman–Crippen MR) is 180 cm³/mol. The first-order valence-electron chi connectivity index (χ1n) is 13.8. The number of anilines is 2. The van der Waals surface area contributed by atoms with Crippen LogP contribution in [0.25, 0.3) is 27.1 Å². The number of nitrogens with one attached hydrogen (secondary N) is 3. The third-order valence-corrected chi connectivity index (χ3v) is 8.64. The molecule has 7 nitrogen and oxygen atoms in total. The predicted octanol–water partition coefficient (Wildman–Crippen LogP) is 7.59. The molecule has 1 heterocycles. The molecule has 0 aliphatic heterocycles. The van der Waals surface area contributed by atoms with Crippen LogP contribution in [0.15, 0.2) is 132 Å². The van der Waals surface area contributed by atoms with Gasteiger partial charge in [0.25, 0.3) is 11.8 Å². The third-order valence-electron chi connectivity index (χ3n) is 6.67. The van der Waals surface area contributed by atoms with Gasteiger partial charge in [-0.05, 0) is 70.9 Å². The van der Waals surface area contributed by atoms with Crippen molar-refractivity contribution >= 4 is 78.7 Å². The quantitative estimate of drug-likeness (QED) is 0.115. The van der Waals surface area contributed by atoms with E-state index in [1.165, 1.54) is 23.1 Å². The van der Waals surface area contributed by atoms with E-state index in [4.69, 9.17) is 0 Å². The van der Waals surface area contributed by atoms with Crippen LogP contribution in [0, 0.1) is 0 Å². The van der Waals surface area contributed by atoms with Crippen molar-refractivity contribution in [2.45, 2.75) is 4.90 Å². The lowest BCUT2D eigenvalue weighted by molar-refractivity contribution is -0.114. The van der Waals surface area contributed by atoms with E-state index < -0.39 is 5.91 Å². The lowest BCUT2D eigenvalue weighted by Gasteiger charge is -2.12. The Morgan fingerprint density at radius 1 is 0.750 bits per heavy atom. The van der Waals surface area contributed by atoms with Gasteiger partial charge in [-0.1, -0.05) is 84.1 Å². The molecule has 0 saturated heterocycles. The molecule has 0 aliphatic carbocycles. The largest absolute Gasteiger partial charge is 0.321 e. The Labute approximate surface area is 262 Å². The van der Waals surface area contributed by atoms with Gasteiger partial charge in [0.2, 0.25) is 5.91 Å². The Morgan fingerprint density at radius 3 is 2.30 bits per heavy atom. The minimum atomic E-state index is -0.460. The fourth-order valence-corrected chi connectivity index (χ4v) is 6.12. The topological polar surface area (TPSA) is 100 Å². The SMILES string of the molecule is O=C(CSc1ccc(NC(=O)/C(=C/c2cccc3ccccc23)NC(=O)c2ccccc2)cc1)Nc1nc2ccccc2s1. The van der Waals surface area contributed by atoms with Crippen LogP contribution in [0.1, 0.15) is 15.9 Å². The molecule has 44 heavy (non-hydrogen) atoms. The molecule has 0 radical (unpaired) electrons. The van der Waals surface area contributed by atoms with Gasteiger partial charge in [0.15, 0.2) is 5.13 Å². The minimum Gasteiger partial charge on any atom is -0.321 e. The summed E-state index contributed by atoms with van der Waals surface area (Å²) in [6.07, 6.45) is 1.69. The number of fused-ring (bicyclic) bond motifs is 2. The first-order chi connectivity index (χ1) is 21.5. The highest BCUT2D eigenvalue weighted by molar-refractivity contribution is 8.00. The summed E-state index contributed by atoms with van der Waals surface area (Å²) in [7, 11) is 0. The molecule has 0 fully saturated rings. The van der Waals surface area contributed by atoms with Gasteiger partial charge in [-0.25, -0.2) is 4.98 Å². The minimum absolute atomic E-state index is 0.111. The van der Waals surface area contributed by atoms with E-state index in [1.807, 2.05) is 84.9 Å². The number of para-hydroxylation sites is 1. The first-order valence-corrected chi connectivity index (χ1v) is 15.6. The molecule has 216 valence electrons. The van der Waals surface area contributed by atoms with Crippen LogP contribution >= 0.6 is 23.1 Å². The summed E-state index contributed by atoms with van der Waals surface area (Å²) in [5.41, 5.74) is 2.76. The highest BCUT2D eigenvalue weighted by atomic mass is 32.2. The van der Waals surface area contributed by atoms with Gasteiger partial charge in [-0.15, -0.1) is 11.8 Å². The average molecular weight is 615 g/mol. The van der Waals surface area contributed by atoms with Gasteiger partial charge in [-0.2, -0.15) is 0 Å². The van der Waals surface area contributed by atoms with Crippen LogP contribution in [0.2, 0.25) is 0 Å². The van der Waals surface area contributed by atoms with E-state index in [0.29, 0.717) is 16.4 Å². The molecular weight excluding hydrogens is 589 g/mol. The third kappa shape index (κ3) is 7.03. The lowest BCUT2D eigenvalue weighted by Crippen LogP contribution is -2.30. The number of carbonyl (C=O) groups is 3. The summed E-state index contributed by atoms with van der Waals surface area (Å²) in [5, 5.41) is 11.1. The van der Waals surface area contributed by atoms with E-state index in [9.17, 15) is 14.4 Å². The summed E-state index contributed by atoms with van der Waals surface area (Å²) in [6.45, 7) is 0. The van der Waals surface area contributed by atoms with Gasteiger partial charge in [0.1, 0.15) is 5.70 Å². The molecular formula is C35H26N4O3S2. The number of nitrogens with zero attached hydrogens (tertiary/aromatic N) is 1. The fraction of sp³-hybridized carbons (Fsp3) is 0.0286. The molecule has 6 aromatic rings. The molecule has 3 N–H and O–H groups in total. The lowest BCUT2D eigenvalue weighted by atomic mass is 10.0. The second-order valence-corrected chi connectivity index (χ2v) is 11.8. The number of hydrogen-bond acceptors (Lipinski definition) is 6. The standard InChI is InChI=1S/C35H26N4O3S2/c40-32(39-35-38-29-15-6-7-16-31(29)44-35)22-43-27-19-17-26(18-20-27)36-34(42)30(37-33(41)24-10-2-1-3-11-24)21-25-13-8-12-23-9-4-5-14-28(23)25/h1-21H,22H2,(H,36,42)(H,37,41)(H,38,39,40)/b30-21-. The van der Waals surface area contributed by atoms with Crippen molar-refractivity contribution in [3.8, 4) is 0 Å². The van der Waals surface area contributed by atoms with E-state index in [2.05, 4.69) is 20.9 Å². The van der Waals surface area contributed by atoms with E-state index in [1.54, 1.807) is 42.5 Å². The zero-order chi connectivity index (χ0) is 30.3. The van der Waals surface area contributed by atoms with Crippen LogP contribution in [-0.2, 0) is 9.59 Å². The summed E-state index contributed by atoms with van der Waals surface area (Å²) in [4.78, 5) is 44.3. The number of aromatic nitrogens is 1. The number of hydrogen-bond donors (Lipinski definition) is 3. The molecule has 9 heteroatoms. The Kier molecular flexibility index (Phi) is 8.77. The van der Waals surface area contributed by atoms with Crippen LogP contribution in [0.4, 0.5) is 10.8 Å². The number of carbonyl (C=O) groups excluding carboxylic acids is 3. The molecule has 0 aliphatic rings. The smallest absolute Gasteiger partial charge is 0.272 e. The summed E-state index contributed by atoms with van der Waals surface area (Å²) >= 11 is 2.82. The van der Waals surface area contributed by atoms with Gasteiger partial charge in [-0.3, -0.25) is 14.4 Å². The maximum atomic E-state index is 13.5. The number of thiazole rings is 1. The molecule has 0 unspecified atom stereocenters. The molecule has 3 amide bonds. The van der Waals surface area contributed by atoms with Crippen LogP contribution < -0.4 is 16.0 Å². The second kappa shape index (κ2) is 13.4. The van der Waals surface area contributed by atoms with Crippen molar-refractivity contribution < 1.29 is 14.4 Å². The monoisotopic (exact) mass is 614 g/mol. The van der Waals surface area contributed by atoms with Gasteiger partial charge < -0.3 is 16.0 Å². The van der Waals surface area contributed by atoms with Crippen LogP contribution in [0.3, 0.4) is 0 Å². The number of benzene rings is 5. The van der Waals surface area contributed by atoms with Gasteiger partial charge in [0.05, 0.1) is 16.0 Å². The van der Waals surface area contributed by atoms with Gasteiger partial charge >= 0.3 is 0 Å². The zero-order valence-corrected chi connectivity index (χ0v) is 25.0. The molecule has 0 bridgehead atoms. The van der Waals surface area contributed by atoms with Crippen molar-refractivity contribution in [2.24, 2.45) is 0 Å². The maximum absolute atomic E-state index is 13.5. The number of amides is 3. The number of rotatable bonds is 9. The summed E-state index contributed by atoms with van der Waals surface area (Å²) in [5.74, 6) is -0.782. The first kappa shape index (κ1) is 28.9. The van der Waals surface area contributed by atoms with Crippen LogP contribution in [-0.4, -0.2) is 28.5 Å². The Balaban J connectivity index is 1.13. The maximum Gasteiger partial charge on any atom is 0.272 e. The van der Waals surface area contributed by atoms with E-state index in [0.717, 1.165) is 31.4 Å². The Hall–Kier alpha value is -5.25. The summed E-state index contributed by atoms with van der Waals surface area (Å²) in [6, 6.07) is 37.4. The molecule has 6 rings (SSSR count). The van der Waals surface area contributed by atoms with Crippen molar-refractivity contribution in [1.29, 1.82) is 0 Å². The van der Waals surface area contributed by atoms with E-state index >= 15 is 0 Å². The van der Waals surface area contributed by atoms with Crippen molar-refractivity contribution in [2.75, 3.05) is 16.4 Å². The average Bonchev–Trinajstić information content (AvgIpc) is 3.47. The van der Waals surface area contributed by atoms with Crippen LogP contribution in [0.5, 0.6) is 0 Å². The van der Waals surface area contributed by atoms with Crippen molar-refractivity contribution in [3.63, 3.8) is 0 Å². The zero-order valence-electron chi connectivity index (χ0n) is 23.3. The normalized spacial score (nSPS) is 11.3. The van der Waals surface area contributed by atoms with Crippen molar-refractivity contribution in [3.05, 3.63) is 138 Å². The number of thioether (sulfide) groups is 1. The summed E-state index contributed by atoms with van der Waals surface area (Å²) < 4.78 is 1.02. The highest BCUT2D eigenvalue weighted by Gasteiger charge is 2.16. The Morgan fingerprint density at radius 2 is 1.48 bits per heavy atom. The Bertz CT molecular complexity index is 1970. The van der Waals surface area contributed by atoms with E-state index in [-0.39, 0.29) is 23.3 Å². The highest BCUT2D eigenvalue weighted by Crippen LogP contribution is 2.27.